The summed E-state index contributed by atoms with van der Waals surface area (Å²) in [6.07, 6.45) is 0. The molecule has 26 heavy (non-hydrogen) atoms. The zero-order valence-electron chi connectivity index (χ0n) is 13.7. The molecule has 0 radical (unpaired) electrons. The summed E-state index contributed by atoms with van der Waals surface area (Å²) < 4.78 is 9.89. The predicted octanol–water partition coefficient (Wildman–Crippen LogP) is 2.73. The van der Waals surface area contributed by atoms with Crippen LogP contribution < -0.4 is 10.1 Å². The minimum Gasteiger partial charge on any atom is -0.490 e. The molecule has 0 aromatic heterocycles. The molecule has 2 aromatic rings. The summed E-state index contributed by atoms with van der Waals surface area (Å²) in [6, 6.07) is 10.5. The number of carbonyl (C=O) groups is 2. The topological polar surface area (TPSA) is 108 Å². The largest absolute Gasteiger partial charge is 0.490 e. The smallest absolute Gasteiger partial charge is 0.325 e. The minimum absolute atomic E-state index is 0.0306. The average molecular weight is 379 g/mol. The molecular weight excluding hydrogens is 364 g/mol. The fraction of sp³-hybridized carbons (Fsp3) is 0.176. The standard InChI is InChI=1S/C17H15ClN2O6/c1-25-15-7-4-12(8-14(15)20(23)24)17(22)19-9-16(21)26-10-11-2-5-13(18)6-3-11/h2-8H,9-10H2,1H3,(H,19,22). The van der Waals surface area contributed by atoms with Gasteiger partial charge in [-0.05, 0) is 29.8 Å². The molecule has 2 rings (SSSR count). The second-order valence-electron chi connectivity index (χ2n) is 5.11. The number of benzene rings is 2. The lowest BCUT2D eigenvalue weighted by Gasteiger charge is -2.08. The minimum atomic E-state index is -0.657. The quantitative estimate of drug-likeness (QED) is 0.451. The monoisotopic (exact) mass is 378 g/mol. The molecule has 0 atom stereocenters. The summed E-state index contributed by atoms with van der Waals surface area (Å²) in [5, 5.41) is 13.9. The van der Waals surface area contributed by atoms with E-state index in [1.165, 1.54) is 19.2 Å². The number of nitro groups is 1. The molecule has 0 bridgehead atoms. The molecule has 1 amide bonds. The van der Waals surface area contributed by atoms with E-state index in [1.54, 1.807) is 24.3 Å². The summed E-state index contributed by atoms with van der Waals surface area (Å²) in [4.78, 5) is 34.1. The predicted molar refractivity (Wildman–Crippen MR) is 93.2 cm³/mol. The Morgan fingerprint density at radius 2 is 1.88 bits per heavy atom. The van der Waals surface area contributed by atoms with Crippen LogP contribution in [0, 0.1) is 10.1 Å². The zero-order valence-corrected chi connectivity index (χ0v) is 14.5. The molecule has 8 nitrogen and oxygen atoms in total. The van der Waals surface area contributed by atoms with Crippen molar-refractivity contribution in [3.63, 3.8) is 0 Å². The third-order valence-corrected chi connectivity index (χ3v) is 3.60. The van der Waals surface area contributed by atoms with Crippen molar-refractivity contribution < 1.29 is 24.0 Å². The maximum atomic E-state index is 12.0. The van der Waals surface area contributed by atoms with E-state index < -0.39 is 16.8 Å². The number of hydrogen-bond donors (Lipinski definition) is 1. The first kappa shape index (κ1) is 19.2. The maximum absolute atomic E-state index is 12.0. The van der Waals surface area contributed by atoms with Crippen LogP contribution >= 0.6 is 11.6 Å². The van der Waals surface area contributed by atoms with Gasteiger partial charge in [-0.2, -0.15) is 0 Å². The molecule has 0 aliphatic heterocycles. The number of hydrogen-bond acceptors (Lipinski definition) is 6. The molecule has 0 unspecified atom stereocenters. The van der Waals surface area contributed by atoms with E-state index in [1.807, 2.05) is 0 Å². The van der Waals surface area contributed by atoms with Crippen molar-refractivity contribution in [1.82, 2.24) is 5.32 Å². The summed E-state index contributed by atoms with van der Waals surface area (Å²) in [7, 11) is 1.29. The average Bonchev–Trinajstić information content (AvgIpc) is 2.65. The number of halogens is 1. The second-order valence-corrected chi connectivity index (χ2v) is 5.55. The van der Waals surface area contributed by atoms with Crippen molar-refractivity contribution in [1.29, 1.82) is 0 Å². The first-order valence-corrected chi connectivity index (χ1v) is 7.79. The molecule has 0 aliphatic carbocycles. The van der Waals surface area contributed by atoms with Gasteiger partial charge >= 0.3 is 11.7 Å². The Morgan fingerprint density at radius 1 is 1.19 bits per heavy atom. The Kier molecular flexibility index (Phi) is 6.51. The van der Waals surface area contributed by atoms with Crippen molar-refractivity contribution in [3.05, 3.63) is 68.7 Å². The van der Waals surface area contributed by atoms with Gasteiger partial charge in [-0.15, -0.1) is 0 Å². The van der Waals surface area contributed by atoms with E-state index in [4.69, 9.17) is 21.1 Å². The molecule has 2 aromatic carbocycles. The number of nitrogens with one attached hydrogen (secondary N) is 1. The first-order valence-electron chi connectivity index (χ1n) is 7.41. The highest BCUT2D eigenvalue weighted by atomic mass is 35.5. The maximum Gasteiger partial charge on any atom is 0.325 e. The van der Waals surface area contributed by atoms with Gasteiger partial charge in [0.05, 0.1) is 12.0 Å². The molecule has 0 saturated carbocycles. The summed E-state index contributed by atoms with van der Waals surface area (Å²) in [5.41, 5.74) is 0.438. The number of methoxy groups -OCH3 is 1. The Labute approximate surface area is 153 Å². The molecule has 0 fully saturated rings. The van der Waals surface area contributed by atoms with Crippen LogP contribution in [0.2, 0.25) is 5.02 Å². The fourth-order valence-electron chi connectivity index (χ4n) is 2.02. The lowest BCUT2D eigenvalue weighted by Crippen LogP contribution is -2.30. The Balaban J connectivity index is 1.89. The molecular formula is C17H15ClN2O6. The fourth-order valence-corrected chi connectivity index (χ4v) is 2.15. The van der Waals surface area contributed by atoms with Gasteiger partial charge in [0.15, 0.2) is 5.75 Å². The van der Waals surface area contributed by atoms with Crippen LogP contribution in [-0.4, -0.2) is 30.5 Å². The number of rotatable bonds is 7. The van der Waals surface area contributed by atoms with E-state index in [2.05, 4.69) is 5.32 Å². The van der Waals surface area contributed by atoms with Gasteiger partial charge in [0.1, 0.15) is 13.2 Å². The highest BCUT2D eigenvalue weighted by molar-refractivity contribution is 6.30. The van der Waals surface area contributed by atoms with Crippen molar-refractivity contribution in [2.24, 2.45) is 0 Å². The Morgan fingerprint density at radius 3 is 2.50 bits per heavy atom. The van der Waals surface area contributed by atoms with Crippen LogP contribution in [0.3, 0.4) is 0 Å². The molecule has 0 heterocycles. The van der Waals surface area contributed by atoms with Gasteiger partial charge in [-0.1, -0.05) is 23.7 Å². The van der Waals surface area contributed by atoms with Gasteiger partial charge in [0.2, 0.25) is 0 Å². The normalized spacial score (nSPS) is 10.1. The van der Waals surface area contributed by atoms with E-state index in [0.29, 0.717) is 5.02 Å². The summed E-state index contributed by atoms with van der Waals surface area (Å²) in [5.74, 6) is -1.25. The lowest BCUT2D eigenvalue weighted by atomic mass is 10.1. The van der Waals surface area contributed by atoms with Crippen molar-refractivity contribution in [3.8, 4) is 5.75 Å². The number of ether oxygens (including phenoxy) is 2. The van der Waals surface area contributed by atoms with Crippen LogP contribution in [0.5, 0.6) is 5.75 Å². The van der Waals surface area contributed by atoms with Gasteiger partial charge < -0.3 is 14.8 Å². The zero-order chi connectivity index (χ0) is 19.1. The second kappa shape index (κ2) is 8.82. The molecule has 9 heteroatoms. The molecule has 0 spiro atoms. The number of esters is 1. The third kappa shape index (κ3) is 5.18. The van der Waals surface area contributed by atoms with Crippen molar-refractivity contribution >= 4 is 29.2 Å². The number of nitro benzene ring substituents is 1. The SMILES string of the molecule is COc1ccc(C(=O)NCC(=O)OCc2ccc(Cl)cc2)cc1[N+](=O)[O-]. The van der Waals surface area contributed by atoms with Crippen LogP contribution in [0.4, 0.5) is 5.69 Å². The van der Waals surface area contributed by atoms with E-state index in [9.17, 15) is 19.7 Å². The van der Waals surface area contributed by atoms with Gasteiger partial charge in [0, 0.05) is 16.7 Å². The Bertz CT molecular complexity index is 823. The van der Waals surface area contributed by atoms with Crippen LogP contribution in [0.1, 0.15) is 15.9 Å². The van der Waals surface area contributed by atoms with E-state index in [0.717, 1.165) is 11.6 Å². The molecule has 0 saturated heterocycles. The first-order chi connectivity index (χ1) is 12.4. The lowest BCUT2D eigenvalue weighted by molar-refractivity contribution is -0.385. The third-order valence-electron chi connectivity index (χ3n) is 3.34. The number of amides is 1. The van der Waals surface area contributed by atoms with Crippen LogP contribution in [-0.2, 0) is 16.1 Å². The van der Waals surface area contributed by atoms with Crippen LogP contribution in [0.25, 0.3) is 0 Å². The van der Waals surface area contributed by atoms with Crippen molar-refractivity contribution in [2.75, 3.05) is 13.7 Å². The van der Waals surface area contributed by atoms with E-state index in [-0.39, 0.29) is 30.2 Å². The van der Waals surface area contributed by atoms with Crippen LogP contribution in [0.15, 0.2) is 42.5 Å². The summed E-state index contributed by atoms with van der Waals surface area (Å²) in [6.45, 7) is -0.327. The van der Waals surface area contributed by atoms with Gasteiger partial charge in [0.25, 0.3) is 5.91 Å². The van der Waals surface area contributed by atoms with Crippen molar-refractivity contribution in [2.45, 2.75) is 6.61 Å². The number of nitrogens with zero attached hydrogens (tertiary/aromatic N) is 1. The highest BCUT2D eigenvalue weighted by Crippen LogP contribution is 2.27. The highest BCUT2D eigenvalue weighted by Gasteiger charge is 2.18. The molecule has 136 valence electrons. The van der Waals surface area contributed by atoms with Gasteiger partial charge in [-0.3, -0.25) is 19.7 Å². The molecule has 0 aliphatic rings. The van der Waals surface area contributed by atoms with Gasteiger partial charge in [-0.25, -0.2) is 0 Å². The van der Waals surface area contributed by atoms with E-state index >= 15 is 0 Å². The number of carbonyl (C=O) groups excluding carboxylic acids is 2. The molecule has 1 N–H and O–H groups in total. The summed E-state index contributed by atoms with van der Waals surface area (Å²) >= 11 is 5.76. The Hall–Kier alpha value is -3.13.